The summed E-state index contributed by atoms with van der Waals surface area (Å²) in [6.07, 6.45) is 1.63. The maximum Gasteiger partial charge on any atom is 0.505 e. The van der Waals surface area contributed by atoms with E-state index < -0.39 is 5.12 Å². The molecule has 0 bridgehead atoms. The summed E-state index contributed by atoms with van der Waals surface area (Å²) >= 11 is 1.21. The molecule has 0 aromatic rings. The van der Waals surface area contributed by atoms with Gasteiger partial charge < -0.3 is 0 Å². The molecular formula is C3H5N4S+. The van der Waals surface area contributed by atoms with Gasteiger partial charge in [0.05, 0.1) is 0 Å². The summed E-state index contributed by atoms with van der Waals surface area (Å²) in [5.41, 5.74) is 5.33. The molecule has 0 aliphatic carbocycles. The molecule has 3 N–H and O–H groups in total. The molecule has 0 radical (unpaired) electrons. The molecule has 0 aromatic heterocycles. The van der Waals surface area contributed by atoms with Crippen molar-refractivity contribution in [2.75, 3.05) is 0 Å². The number of thioether (sulfide) groups is 1. The Balaban J connectivity index is 2.63. The van der Waals surface area contributed by atoms with Crippen molar-refractivity contribution < 1.29 is 0 Å². The maximum absolute atomic E-state index is 8.20. The number of hydrogen-bond acceptors (Lipinski definition) is 4. The second-order valence-electron chi connectivity index (χ2n) is 1.36. The van der Waals surface area contributed by atoms with Crippen molar-refractivity contribution in [3.05, 3.63) is 16.6 Å². The van der Waals surface area contributed by atoms with Crippen LogP contribution in [0, 0.1) is 5.39 Å². The topological polar surface area (TPSA) is 66.2 Å². The molecule has 0 fully saturated rings. The van der Waals surface area contributed by atoms with Gasteiger partial charge in [0.15, 0.2) is 4.98 Å². The number of diazo groups is 1. The van der Waals surface area contributed by atoms with E-state index in [1.165, 1.54) is 11.8 Å². The Labute approximate surface area is 50.7 Å². The number of rotatable bonds is 0. The number of nitrogens with two attached hydrogens (primary N) is 1. The Morgan fingerprint density at radius 1 is 1.88 bits per heavy atom. The van der Waals surface area contributed by atoms with Gasteiger partial charge in [-0.05, 0) is 5.41 Å². The van der Waals surface area contributed by atoms with E-state index in [0.29, 0.717) is 0 Å². The third-order valence-electron chi connectivity index (χ3n) is 0.754. The van der Waals surface area contributed by atoms with Crippen LogP contribution in [0.25, 0.3) is 4.98 Å². The van der Waals surface area contributed by atoms with Gasteiger partial charge in [-0.25, -0.2) is 5.73 Å². The second kappa shape index (κ2) is 1.65. The Hall–Kier alpha value is -0.730. The van der Waals surface area contributed by atoms with Gasteiger partial charge in [0.2, 0.25) is 5.39 Å². The second-order valence-corrected chi connectivity index (χ2v) is 2.49. The molecule has 1 aliphatic heterocycles. The van der Waals surface area contributed by atoms with Gasteiger partial charge >= 0.3 is 5.12 Å². The predicted molar refractivity (Wildman–Crippen MR) is 31.9 cm³/mol. The van der Waals surface area contributed by atoms with Gasteiger partial charge in [0, 0.05) is 18.0 Å². The van der Waals surface area contributed by atoms with Gasteiger partial charge in [-0.3, -0.25) is 5.32 Å². The number of hydrogen-bond donors (Lipinski definition) is 2. The number of nitrogens with one attached hydrogen (secondary N) is 1. The molecule has 1 rings (SSSR count). The SMILES string of the molecule is N#[N+]C1(N)NC=CS1. The van der Waals surface area contributed by atoms with E-state index in [1.54, 1.807) is 11.6 Å². The van der Waals surface area contributed by atoms with Gasteiger partial charge in [0.25, 0.3) is 0 Å². The lowest BCUT2D eigenvalue weighted by Crippen LogP contribution is -2.41. The molecule has 4 nitrogen and oxygen atoms in total. The lowest BCUT2D eigenvalue weighted by molar-refractivity contribution is 0.670. The quantitative estimate of drug-likeness (QED) is 0.459. The molecule has 0 aromatic carbocycles. The van der Waals surface area contributed by atoms with Gasteiger partial charge in [-0.2, -0.15) is 0 Å². The van der Waals surface area contributed by atoms with Gasteiger partial charge in [-0.15, -0.1) is 0 Å². The Morgan fingerprint density at radius 3 is 2.88 bits per heavy atom. The third-order valence-corrected chi connectivity index (χ3v) is 1.59. The van der Waals surface area contributed by atoms with Crippen LogP contribution in [-0.2, 0) is 0 Å². The average molecular weight is 129 g/mol. The molecule has 8 heavy (non-hydrogen) atoms. The Bertz CT molecular complexity index is 149. The average Bonchev–Trinajstić information content (AvgIpc) is 2.17. The molecular weight excluding hydrogens is 124 g/mol. The lowest BCUT2D eigenvalue weighted by Gasteiger charge is -1.96. The molecule has 1 unspecified atom stereocenters. The van der Waals surface area contributed by atoms with Crippen LogP contribution in [0.5, 0.6) is 0 Å². The standard InChI is InChI=1S/C3H5N4S/c4-3(7-5)6-1-2-8-3/h1-2,6H,4H2/q+1. The van der Waals surface area contributed by atoms with Gasteiger partial charge in [0.1, 0.15) is 0 Å². The van der Waals surface area contributed by atoms with Crippen LogP contribution < -0.4 is 11.1 Å². The smallest absolute Gasteiger partial charge is 0.290 e. The van der Waals surface area contributed by atoms with Crippen LogP contribution in [0.15, 0.2) is 11.6 Å². The molecule has 1 atom stereocenters. The summed E-state index contributed by atoms with van der Waals surface area (Å²) in [4.78, 5) is 2.89. The molecule has 0 amide bonds. The molecule has 0 saturated heterocycles. The van der Waals surface area contributed by atoms with E-state index in [2.05, 4.69) is 10.3 Å². The molecule has 5 heteroatoms. The maximum atomic E-state index is 8.20. The zero-order valence-corrected chi connectivity index (χ0v) is 4.85. The fourth-order valence-corrected chi connectivity index (χ4v) is 0.904. The molecule has 0 spiro atoms. The van der Waals surface area contributed by atoms with Crippen LogP contribution in [-0.4, -0.2) is 5.12 Å². The largest absolute Gasteiger partial charge is 0.505 e. The highest BCUT2D eigenvalue weighted by Gasteiger charge is 2.40. The fourth-order valence-electron chi connectivity index (χ4n) is 0.378. The fraction of sp³-hybridized carbons (Fsp3) is 0.333. The van der Waals surface area contributed by atoms with Crippen LogP contribution >= 0.6 is 11.8 Å². The van der Waals surface area contributed by atoms with Crippen molar-refractivity contribution in [1.82, 2.24) is 5.32 Å². The zero-order chi connectivity index (χ0) is 6.04. The van der Waals surface area contributed by atoms with Crippen molar-refractivity contribution in [3.63, 3.8) is 0 Å². The van der Waals surface area contributed by atoms with E-state index in [9.17, 15) is 0 Å². The van der Waals surface area contributed by atoms with Crippen LogP contribution in [0.1, 0.15) is 0 Å². The summed E-state index contributed by atoms with van der Waals surface area (Å²) in [7, 11) is 0. The van der Waals surface area contributed by atoms with Crippen molar-refractivity contribution >= 4 is 11.8 Å². The normalized spacial score (nSPS) is 34.0. The minimum Gasteiger partial charge on any atom is -0.290 e. The van der Waals surface area contributed by atoms with Crippen molar-refractivity contribution in [3.8, 4) is 0 Å². The molecule has 42 valence electrons. The lowest BCUT2D eigenvalue weighted by atomic mass is 10.8. The minimum absolute atomic E-state index is 1.03. The van der Waals surface area contributed by atoms with Gasteiger partial charge in [-0.1, -0.05) is 0 Å². The van der Waals surface area contributed by atoms with Crippen molar-refractivity contribution in [1.29, 1.82) is 5.39 Å². The van der Waals surface area contributed by atoms with Crippen molar-refractivity contribution in [2.24, 2.45) is 5.73 Å². The Morgan fingerprint density at radius 2 is 2.62 bits per heavy atom. The highest BCUT2D eigenvalue weighted by molar-refractivity contribution is 8.03. The summed E-state index contributed by atoms with van der Waals surface area (Å²) in [5, 5.41) is 11.5. The molecule has 1 heterocycles. The summed E-state index contributed by atoms with van der Waals surface area (Å²) in [5.74, 6) is 0. The van der Waals surface area contributed by atoms with E-state index in [1.807, 2.05) is 0 Å². The van der Waals surface area contributed by atoms with E-state index in [0.717, 1.165) is 0 Å². The third kappa shape index (κ3) is 0.757. The Kier molecular flexibility index (Phi) is 1.12. The summed E-state index contributed by atoms with van der Waals surface area (Å²) in [6, 6.07) is 0. The monoisotopic (exact) mass is 129 g/mol. The zero-order valence-electron chi connectivity index (χ0n) is 4.03. The van der Waals surface area contributed by atoms with Crippen molar-refractivity contribution in [2.45, 2.75) is 5.12 Å². The van der Waals surface area contributed by atoms with E-state index in [-0.39, 0.29) is 0 Å². The summed E-state index contributed by atoms with van der Waals surface area (Å²) in [6.45, 7) is 0. The first-order chi connectivity index (χ1) is 3.77. The summed E-state index contributed by atoms with van der Waals surface area (Å²) < 4.78 is 0. The van der Waals surface area contributed by atoms with Crippen LogP contribution in [0.2, 0.25) is 0 Å². The first-order valence-corrected chi connectivity index (χ1v) is 2.90. The minimum atomic E-state index is -1.03. The first kappa shape index (κ1) is 5.41. The van der Waals surface area contributed by atoms with Crippen LogP contribution in [0.3, 0.4) is 0 Å². The van der Waals surface area contributed by atoms with E-state index in [4.69, 9.17) is 11.1 Å². The predicted octanol–water partition coefficient (Wildman–Crippen LogP) is 0.217. The first-order valence-electron chi connectivity index (χ1n) is 2.02. The number of nitrogens with zero attached hydrogens (tertiary/aromatic N) is 2. The highest BCUT2D eigenvalue weighted by atomic mass is 32.2. The molecule has 1 aliphatic rings. The van der Waals surface area contributed by atoms with E-state index >= 15 is 0 Å². The van der Waals surface area contributed by atoms with Crippen LogP contribution in [0.4, 0.5) is 0 Å². The molecule has 0 saturated carbocycles. The highest BCUT2D eigenvalue weighted by Crippen LogP contribution is 2.23.